The number of carbonyl (C=O) groups is 2. The van der Waals surface area contributed by atoms with Crippen LogP contribution in [0.25, 0.3) is 11.3 Å². The molecular formula is C27H19F3N6O4S. The smallest absolute Gasteiger partial charge is 0.326 e. The van der Waals surface area contributed by atoms with Crippen LogP contribution in [0.3, 0.4) is 0 Å². The van der Waals surface area contributed by atoms with E-state index in [0.29, 0.717) is 11.3 Å². The van der Waals surface area contributed by atoms with E-state index in [1.54, 1.807) is 30.3 Å². The Labute approximate surface area is 234 Å². The number of halogens is 3. The van der Waals surface area contributed by atoms with Crippen LogP contribution in [-0.4, -0.2) is 32.9 Å². The van der Waals surface area contributed by atoms with Gasteiger partial charge in [0.1, 0.15) is 5.69 Å². The Hall–Kier alpha value is -5.11. The van der Waals surface area contributed by atoms with Crippen molar-refractivity contribution in [2.75, 3.05) is 5.32 Å². The van der Waals surface area contributed by atoms with Crippen molar-refractivity contribution in [1.29, 1.82) is 0 Å². The third kappa shape index (κ3) is 7.73. The summed E-state index contributed by atoms with van der Waals surface area (Å²) in [6.45, 7) is 1.34. The summed E-state index contributed by atoms with van der Waals surface area (Å²) in [5.41, 5.74) is 2.17. The van der Waals surface area contributed by atoms with Crippen LogP contribution in [0, 0.1) is 10.1 Å². The molecule has 14 heteroatoms. The number of amides is 2. The lowest BCUT2D eigenvalue weighted by Crippen LogP contribution is -2.17. The molecule has 0 saturated heterocycles. The van der Waals surface area contributed by atoms with Gasteiger partial charge in [0.25, 0.3) is 11.6 Å². The van der Waals surface area contributed by atoms with E-state index >= 15 is 0 Å². The number of hydrazone groups is 1. The fourth-order valence-electron chi connectivity index (χ4n) is 3.45. The maximum absolute atomic E-state index is 13.6. The van der Waals surface area contributed by atoms with E-state index in [1.165, 1.54) is 43.3 Å². The number of aromatic nitrogens is 2. The van der Waals surface area contributed by atoms with Gasteiger partial charge >= 0.3 is 6.18 Å². The molecule has 3 aromatic carbocycles. The number of non-ortho nitro benzene ring substituents is 1. The Morgan fingerprint density at radius 3 is 2.34 bits per heavy atom. The molecule has 4 aromatic rings. The van der Waals surface area contributed by atoms with Crippen LogP contribution in [0.5, 0.6) is 0 Å². The molecule has 0 aliphatic heterocycles. The third-order valence-electron chi connectivity index (χ3n) is 5.31. The van der Waals surface area contributed by atoms with Gasteiger partial charge in [-0.05, 0) is 48.2 Å². The first kappa shape index (κ1) is 28.9. The molecular weight excluding hydrogens is 561 g/mol. The molecule has 10 nitrogen and oxygen atoms in total. The second kappa shape index (κ2) is 12.4. The molecule has 1 heterocycles. The molecule has 0 atom stereocenters. The fraction of sp³-hybridized carbons (Fsp3) is 0.0741. The van der Waals surface area contributed by atoms with Crippen molar-refractivity contribution in [3.63, 3.8) is 0 Å². The van der Waals surface area contributed by atoms with E-state index in [4.69, 9.17) is 0 Å². The molecule has 0 aliphatic carbocycles. The van der Waals surface area contributed by atoms with Gasteiger partial charge in [0, 0.05) is 46.3 Å². The van der Waals surface area contributed by atoms with E-state index < -0.39 is 22.7 Å². The summed E-state index contributed by atoms with van der Waals surface area (Å²) in [6, 6.07) is 18.7. The van der Waals surface area contributed by atoms with Crippen molar-refractivity contribution in [2.45, 2.75) is 23.2 Å². The normalized spacial score (nSPS) is 11.3. The molecule has 4 rings (SSSR count). The van der Waals surface area contributed by atoms with Crippen molar-refractivity contribution in [3.05, 3.63) is 106 Å². The van der Waals surface area contributed by atoms with Gasteiger partial charge in [-0.1, -0.05) is 30.3 Å². The highest BCUT2D eigenvalue weighted by molar-refractivity contribution is 7.99. The Bertz CT molecular complexity index is 1630. The highest BCUT2D eigenvalue weighted by atomic mass is 32.2. The molecule has 0 fully saturated rings. The van der Waals surface area contributed by atoms with Crippen molar-refractivity contribution in [3.8, 4) is 11.3 Å². The van der Waals surface area contributed by atoms with Crippen molar-refractivity contribution in [2.24, 2.45) is 5.10 Å². The zero-order chi connectivity index (χ0) is 29.6. The summed E-state index contributed by atoms with van der Waals surface area (Å²) >= 11 is 0.752. The van der Waals surface area contributed by atoms with Gasteiger partial charge in [0.05, 0.1) is 16.8 Å². The number of nitrogens with one attached hydrogen (secondary N) is 2. The van der Waals surface area contributed by atoms with Crippen molar-refractivity contribution in [1.82, 2.24) is 15.4 Å². The summed E-state index contributed by atoms with van der Waals surface area (Å²) in [7, 11) is 0. The molecule has 41 heavy (non-hydrogen) atoms. The van der Waals surface area contributed by atoms with Gasteiger partial charge in [-0.2, -0.15) is 18.3 Å². The number of carbonyl (C=O) groups excluding carboxylic acids is 2. The number of nitrogens with zero attached hydrogens (tertiary/aromatic N) is 4. The highest BCUT2D eigenvalue weighted by Crippen LogP contribution is 2.35. The van der Waals surface area contributed by atoms with Crippen molar-refractivity contribution < 1.29 is 27.7 Å². The zero-order valence-electron chi connectivity index (χ0n) is 21.0. The number of hydrogen-bond acceptors (Lipinski definition) is 8. The highest BCUT2D eigenvalue weighted by Gasteiger charge is 2.34. The van der Waals surface area contributed by atoms with E-state index in [-0.39, 0.29) is 38.5 Å². The van der Waals surface area contributed by atoms with Crippen LogP contribution >= 0.6 is 11.8 Å². The van der Waals surface area contributed by atoms with Crippen LogP contribution in [0.2, 0.25) is 0 Å². The fourth-order valence-corrected chi connectivity index (χ4v) is 4.30. The SMILES string of the molecule is CC(=O)Nc1ccc(C(=O)N/N=C/c2cc([N+](=O)[O-])ccc2Sc2nc(-c3ccccc3)cc(C(F)(F)F)n2)cc1. The second-order valence-electron chi connectivity index (χ2n) is 8.32. The topological polar surface area (TPSA) is 139 Å². The first-order valence-corrected chi connectivity index (χ1v) is 12.5. The minimum atomic E-state index is -4.74. The van der Waals surface area contributed by atoms with Gasteiger partial charge in [0.2, 0.25) is 5.91 Å². The largest absolute Gasteiger partial charge is 0.433 e. The number of alkyl halides is 3. The van der Waals surface area contributed by atoms with E-state index in [9.17, 15) is 32.9 Å². The van der Waals surface area contributed by atoms with Gasteiger partial charge in [-0.25, -0.2) is 15.4 Å². The average molecular weight is 581 g/mol. The zero-order valence-corrected chi connectivity index (χ0v) is 21.9. The number of nitro groups is 1. The molecule has 0 radical (unpaired) electrons. The predicted molar refractivity (Wildman–Crippen MR) is 145 cm³/mol. The quantitative estimate of drug-likeness (QED) is 0.114. The molecule has 0 unspecified atom stereocenters. The molecule has 2 N–H and O–H groups in total. The number of benzene rings is 3. The van der Waals surface area contributed by atoms with Crippen LogP contribution < -0.4 is 10.7 Å². The van der Waals surface area contributed by atoms with Crippen LogP contribution in [-0.2, 0) is 11.0 Å². The maximum atomic E-state index is 13.6. The Morgan fingerprint density at radius 1 is 1.00 bits per heavy atom. The van der Waals surface area contributed by atoms with E-state index in [1.807, 2.05) is 0 Å². The first-order chi connectivity index (χ1) is 19.5. The van der Waals surface area contributed by atoms with E-state index in [2.05, 4.69) is 25.8 Å². The van der Waals surface area contributed by atoms with Gasteiger partial charge in [0.15, 0.2) is 5.16 Å². The number of nitro benzene ring substituents is 1. The summed E-state index contributed by atoms with van der Waals surface area (Å²) in [6.07, 6.45) is -3.61. The van der Waals surface area contributed by atoms with Crippen molar-refractivity contribution >= 4 is 41.2 Å². The number of anilines is 1. The molecule has 2 amide bonds. The summed E-state index contributed by atoms with van der Waals surface area (Å²) in [5, 5.41) is 17.5. The summed E-state index contributed by atoms with van der Waals surface area (Å²) in [5.74, 6) is -0.881. The molecule has 1 aromatic heterocycles. The Morgan fingerprint density at radius 2 is 1.71 bits per heavy atom. The Kier molecular flexibility index (Phi) is 8.72. The lowest BCUT2D eigenvalue weighted by molar-refractivity contribution is -0.384. The summed E-state index contributed by atoms with van der Waals surface area (Å²) < 4.78 is 40.9. The average Bonchev–Trinajstić information content (AvgIpc) is 2.93. The molecule has 0 spiro atoms. The van der Waals surface area contributed by atoms with Gasteiger partial charge in [-0.3, -0.25) is 19.7 Å². The lowest BCUT2D eigenvalue weighted by Gasteiger charge is -2.11. The third-order valence-corrected chi connectivity index (χ3v) is 6.27. The molecule has 208 valence electrons. The van der Waals surface area contributed by atoms with Crippen LogP contribution in [0.1, 0.15) is 28.5 Å². The summed E-state index contributed by atoms with van der Waals surface area (Å²) in [4.78, 5) is 42.5. The maximum Gasteiger partial charge on any atom is 0.433 e. The second-order valence-corrected chi connectivity index (χ2v) is 9.33. The predicted octanol–water partition coefficient (Wildman–Crippen LogP) is 5.94. The van der Waals surface area contributed by atoms with Gasteiger partial charge in [-0.15, -0.1) is 0 Å². The molecule has 0 bridgehead atoms. The van der Waals surface area contributed by atoms with E-state index in [0.717, 1.165) is 30.1 Å². The lowest BCUT2D eigenvalue weighted by atomic mass is 10.1. The van der Waals surface area contributed by atoms with Crippen LogP contribution in [0.15, 0.2) is 94.0 Å². The number of hydrogen-bond donors (Lipinski definition) is 2. The number of rotatable bonds is 8. The monoisotopic (exact) mass is 580 g/mol. The Balaban J connectivity index is 1.62. The van der Waals surface area contributed by atoms with Crippen LogP contribution in [0.4, 0.5) is 24.5 Å². The standard InChI is InChI=1S/C27H19F3N6O4S/c1-16(37)32-20-9-7-18(8-10-20)25(38)35-31-15-19-13-21(36(39)40)11-12-23(19)41-26-33-22(17-5-3-2-4-6-17)14-24(34-26)27(28,29)30/h2-15H,1H3,(H,32,37)(H,35,38)/b31-15+. The minimum Gasteiger partial charge on any atom is -0.326 e. The minimum absolute atomic E-state index is 0.0457. The molecule has 0 saturated carbocycles. The molecule has 0 aliphatic rings. The first-order valence-electron chi connectivity index (χ1n) is 11.7. The van der Waals surface area contributed by atoms with Gasteiger partial charge < -0.3 is 5.32 Å².